The number of hydrogen-bond acceptors (Lipinski definition) is 5. The highest BCUT2D eigenvalue weighted by Gasteiger charge is 2.11. The second-order valence-electron chi connectivity index (χ2n) is 5.35. The number of aryl methyl sites for hydroxylation is 1. The summed E-state index contributed by atoms with van der Waals surface area (Å²) in [6.45, 7) is 6.59. The number of hydrogen-bond donors (Lipinski definition) is 1. The molecule has 0 bridgehead atoms. The van der Waals surface area contributed by atoms with Crippen molar-refractivity contribution >= 4 is 5.91 Å². The van der Waals surface area contributed by atoms with Crippen molar-refractivity contribution in [1.29, 1.82) is 0 Å². The van der Waals surface area contributed by atoms with E-state index in [0.717, 1.165) is 17.7 Å². The van der Waals surface area contributed by atoms with Crippen LogP contribution in [0.2, 0.25) is 0 Å². The van der Waals surface area contributed by atoms with E-state index in [0.29, 0.717) is 31.2 Å². The SMILES string of the molecule is CCOc1ccc(-c2noc(CCC(=O)NC(C)CC)n2)cc1. The molecule has 1 aromatic heterocycles. The molecular weight excluding hydrogens is 294 g/mol. The monoisotopic (exact) mass is 317 g/mol. The van der Waals surface area contributed by atoms with Crippen LogP contribution in [0, 0.1) is 0 Å². The molecule has 2 aromatic rings. The molecule has 0 aliphatic heterocycles. The fourth-order valence-corrected chi connectivity index (χ4v) is 2.01. The largest absolute Gasteiger partial charge is 0.494 e. The van der Waals surface area contributed by atoms with Crippen LogP contribution in [-0.4, -0.2) is 28.7 Å². The smallest absolute Gasteiger partial charge is 0.227 e. The third-order valence-electron chi connectivity index (χ3n) is 3.48. The van der Waals surface area contributed by atoms with E-state index < -0.39 is 0 Å². The molecule has 1 amide bonds. The highest BCUT2D eigenvalue weighted by Crippen LogP contribution is 2.20. The van der Waals surface area contributed by atoms with Gasteiger partial charge >= 0.3 is 0 Å². The summed E-state index contributed by atoms with van der Waals surface area (Å²) in [5.74, 6) is 1.79. The van der Waals surface area contributed by atoms with E-state index in [4.69, 9.17) is 9.26 Å². The molecule has 1 atom stereocenters. The maximum atomic E-state index is 11.7. The van der Waals surface area contributed by atoms with E-state index in [1.165, 1.54) is 0 Å². The fourth-order valence-electron chi connectivity index (χ4n) is 2.01. The lowest BCUT2D eigenvalue weighted by Crippen LogP contribution is -2.32. The molecule has 2 rings (SSSR count). The molecule has 0 aliphatic carbocycles. The number of aromatic nitrogens is 2. The maximum absolute atomic E-state index is 11.7. The summed E-state index contributed by atoms with van der Waals surface area (Å²) in [6, 6.07) is 7.69. The molecule has 0 saturated heterocycles. The van der Waals surface area contributed by atoms with Gasteiger partial charge in [0.15, 0.2) is 0 Å². The van der Waals surface area contributed by atoms with Crippen molar-refractivity contribution < 1.29 is 14.1 Å². The van der Waals surface area contributed by atoms with Gasteiger partial charge in [0.1, 0.15) is 5.75 Å². The summed E-state index contributed by atoms with van der Waals surface area (Å²) in [6.07, 6.45) is 1.69. The molecule has 0 fully saturated rings. The zero-order valence-electron chi connectivity index (χ0n) is 13.8. The van der Waals surface area contributed by atoms with Gasteiger partial charge in [0, 0.05) is 24.4 Å². The Kier molecular flexibility index (Phi) is 6.14. The van der Waals surface area contributed by atoms with Crippen LogP contribution in [0.3, 0.4) is 0 Å². The summed E-state index contributed by atoms with van der Waals surface area (Å²) in [5.41, 5.74) is 0.854. The Balaban J connectivity index is 1.91. The van der Waals surface area contributed by atoms with Crippen LogP contribution in [0.15, 0.2) is 28.8 Å². The van der Waals surface area contributed by atoms with Gasteiger partial charge in [-0.3, -0.25) is 4.79 Å². The zero-order chi connectivity index (χ0) is 16.7. The topological polar surface area (TPSA) is 77.2 Å². The lowest BCUT2D eigenvalue weighted by molar-refractivity contribution is -0.121. The van der Waals surface area contributed by atoms with Crippen molar-refractivity contribution in [3.05, 3.63) is 30.2 Å². The lowest BCUT2D eigenvalue weighted by atomic mass is 10.2. The number of carbonyl (C=O) groups excluding carboxylic acids is 1. The number of rotatable bonds is 8. The van der Waals surface area contributed by atoms with Crippen LogP contribution in [0.1, 0.15) is 39.5 Å². The Hall–Kier alpha value is -2.37. The molecule has 0 aliphatic rings. The number of carbonyl (C=O) groups is 1. The molecule has 1 unspecified atom stereocenters. The van der Waals surface area contributed by atoms with Crippen LogP contribution in [0.5, 0.6) is 5.75 Å². The fraction of sp³-hybridized carbons (Fsp3) is 0.471. The second-order valence-corrected chi connectivity index (χ2v) is 5.35. The predicted octanol–water partition coefficient (Wildman–Crippen LogP) is 2.98. The van der Waals surface area contributed by atoms with Gasteiger partial charge in [-0.25, -0.2) is 0 Å². The van der Waals surface area contributed by atoms with Gasteiger partial charge in [0.05, 0.1) is 6.61 Å². The minimum absolute atomic E-state index is 0.000155. The molecule has 1 N–H and O–H groups in total. The Morgan fingerprint density at radius 1 is 1.30 bits per heavy atom. The molecule has 6 nitrogen and oxygen atoms in total. The van der Waals surface area contributed by atoms with E-state index in [2.05, 4.69) is 15.5 Å². The standard InChI is InChI=1S/C17H23N3O3/c1-4-12(3)18-15(21)10-11-16-19-17(20-23-16)13-6-8-14(9-7-13)22-5-2/h6-9,12H,4-5,10-11H2,1-3H3,(H,18,21). The Labute approximate surface area is 136 Å². The van der Waals surface area contributed by atoms with Crippen molar-refractivity contribution in [3.63, 3.8) is 0 Å². The van der Waals surface area contributed by atoms with Gasteiger partial charge in [-0.15, -0.1) is 0 Å². The molecule has 1 aromatic carbocycles. The average molecular weight is 317 g/mol. The van der Waals surface area contributed by atoms with Gasteiger partial charge in [-0.1, -0.05) is 12.1 Å². The first kappa shape index (κ1) is 17.0. The maximum Gasteiger partial charge on any atom is 0.227 e. The third-order valence-corrected chi connectivity index (χ3v) is 3.48. The van der Waals surface area contributed by atoms with E-state index >= 15 is 0 Å². The van der Waals surface area contributed by atoms with Crippen LogP contribution >= 0.6 is 0 Å². The quantitative estimate of drug-likeness (QED) is 0.810. The minimum Gasteiger partial charge on any atom is -0.494 e. The predicted molar refractivity (Wildman–Crippen MR) is 87.1 cm³/mol. The molecule has 0 radical (unpaired) electrons. The molecule has 124 valence electrons. The van der Waals surface area contributed by atoms with Gasteiger partial charge in [0.2, 0.25) is 17.6 Å². The van der Waals surface area contributed by atoms with E-state index in [1.54, 1.807) is 0 Å². The van der Waals surface area contributed by atoms with Gasteiger partial charge in [-0.05, 0) is 44.5 Å². The van der Waals surface area contributed by atoms with Gasteiger partial charge < -0.3 is 14.6 Å². The first-order valence-corrected chi connectivity index (χ1v) is 7.97. The second kappa shape index (κ2) is 8.31. The number of nitrogens with one attached hydrogen (secondary N) is 1. The molecule has 0 spiro atoms. The molecule has 6 heteroatoms. The van der Waals surface area contributed by atoms with Crippen LogP contribution < -0.4 is 10.1 Å². The van der Waals surface area contributed by atoms with Crippen molar-refractivity contribution in [2.24, 2.45) is 0 Å². The molecular formula is C17H23N3O3. The first-order valence-electron chi connectivity index (χ1n) is 7.97. The summed E-state index contributed by atoms with van der Waals surface area (Å²) < 4.78 is 10.6. The van der Waals surface area contributed by atoms with Crippen LogP contribution in [0.25, 0.3) is 11.4 Å². The van der Waals surface area contributed by atoms with E-state index in [-0.39, 0.29) is 11.9 Å². The van der Waals surface area contributed by atoms with Crippen LogP contribution in [-0.2, 0) is 11.2 Å². The highest BCUT2D eigenvalue weighted by molar-refractivity contribution is 5.76. The van der Waals surface area contributed by atoms with E-state index in [1.807, 2.05) is 45.0 Å². The molecule has 1 heterocycles. The van der Waals surface area contributed by atoms with Gasteiger partial charge in [-0.2, -0.15) is 4.98 Å². The number of ether oxygens (including phenoxy) is 1. The summed E-state index contributed by atoms with van der Waals surface area (Å²) in [4.78, 5) is 16.1. The first-order chi connectivity index (χ1) is 11.1. The van der Waals surface area contributed by atoms with Gasteiger partial charge in [0.25, 0.3) is 0 Å². The average Bonchev–Trinajstić information content (AvgIpc) is 3.03. The van der Waals surface area contributed by atoms with Crippen LogP contribution in [0.4, 0.5) is 0 Å². The Morgan fingerprint density at radius 3 is 2.70 bits per heavy atom. The van der Waals surface area contributed by atoms with Crippen molar-refractivity contribution in [2.75, 3.05) is 6.61 Å². The summed E-state index contributed by atoms with van der Waals surface area (Å²) in [5, 5.41) is 6.87. The zero-order valence-corrected chi connectivity index (χ0v) is 13.8. The number of benzene rings is 1. The Bertz CT molecular complexity index is 622. The van der Waals surface area contributed by atoms with E-state index in [9.17, 15) is 4.79 Å². The van der Waals surface area contributed by atoms with Crippen molar-refractivity contribution in [2.45, 2.75) is 46.1 Å². The van der Waals surface area contributed by atoms with Crippen molar-refractivity contribution in [3.8, 4) is 17.1 Å². The highest BCUT2D eigenvalue weighted by atomic mass is 16.5. The summed E-state index contributed by atoms with van der Waals surface area (Å²) >= 11 is 0. The third kappa shape index (κ3) is 5.09. The minimum atomic E-state index is 0.000155. The molecule has 23 heavy (non-hydrogen) atoms. The van der Waals surface area contributed by atoms with Crippen molar-refractivity contribution in [1.82, 2.24) is 15.5 Å². The molecule has 0 saturated carbocycles. The normalized spacial score (nSPS) is 12.0. The number of amides is 1. The number of nitrogens with zero attached hydrogens (tertiary/aromatic N) is 2. The lowest BCUT2D eigenvalue weighted by Gasteiger charge is -2.10. The summed E-state index contributed by atoms with van der Waals surface area (Å²) in [7, 11) is 0. The Morgan fingerprint density at radius 2 is 2.04 bits per heavy atom.